The molecular formula is C10H12BrIO3S. The summed E-state index contributed by atoms with van der Waals surface area (Å²) in [4.78, 5) is 0. The standard InChI is InChI=1S/C10H12BrIO3S/c1-2-16(14,15)10(12)9(13)7-3-5-8(11)6-4-7/h3-6,9-10,13H,2H2,1H3/t9-,10+/m1/s1. The quantitative estimate of drug-likeness (QED) is 0.604. The van der Waals surface area contributed by atoms with E-state index in [-0.39, 0.29) is 5.75 Å². The molecule has 0 fully saturated rings. The van der Waals surface area contributed by atoms with Gasteiger partial charge in [0, 0.05) is 10.2 Å². The maximum Gasteiger partial charge on any atom is 0.164 e. The minimum atomic E-state index is -3.23. The van der Waals surface area contributed by atoms with Gasteiger partial charge in [-0.25, -0.2) is 8.42 Å². The molecule has 0 aliphatic heterocycles. The molecule has 0 heterocycles. The molecule has 0 unspecified atom stereocenters. The van der Waals surface area contributed by atoms with Gasteiger partial charge in [0.25, 0.3) is 0 Å². The molecule has 1 aromatic rings. The molecule has 0 spiro atoms. The zero-order valence-corrected chi connectivity index (χ0v) is 13.2. The molecule has 0 amide bonds. The average molecular weight is 419 g/mol. The van der Waals surface area contributed by atoms with E-state index in [0.29, 0.717) is 5.56 Å². The van der Waals surface area contributed by atoms with Gasteiger partial charge < -0.3 is 5.11 Å². The summed E-state index contributed by atoms with van der Waals surface area (Å²) in [7, 11) is -3.23. The molecule has 6 heteroatoms. The summed E-state index contributed by atoms with van der Waals surface area (Å²) in [5.41, 5.74) is 0.611. The molecule has 0 aliphatic rings. The molecule has 1 aromatic carbocycles. The van der Waals surface area contributed by atoms with E-state index in [1.54, 1.807) is 53.8 Å². The second-order valence-electron chi connectivity index (χ2n) is 3.30. The van der Waals surface area contributed by atoms with E-state index in [1.807, 2.05) is 0 Å². The monoisotopic (exact) mass is 418 g/mol. The summed E-state index contributed by atoms with van der Waals surface area (Å²) in [5, 5.41) is 9.94. The Kier molecular flexibility index (Phi) is 5.21. The molecule has 16 heavy (non-hydrogen) atoms. The van der Waals surface area contributed by atoms with Crippen molar-refractivity contribution in [3.63, 3.8) is 0 Å². The van der Waals surface area contributed by atoms with Crippen LogP contribution in [0.2, 0.25) is 0 Å². The first-order chi connectivity index (χ1) is 7.38. The Morgan fingerprint density at radius 3 is 2.31 bits per heavy atom. The molecule has 90 valence electrons. The lowest BCUT2D eigenvalue weighted by atomic mass is 10.1. The van der Waals surface area contributed by atoms with E-state index in [9.17, 15) is 13.5 Å². The molecule has 0 aromatic heterocycles. The maximum absolute atomic E-state index is 11.6. The molecule has 0 radical (unpaired) electrons. The Hall–Kier alpha value is 0.340. The molecular weight excluding hydrogens is 407 g/mol. The van der Waals surface area contributed by atoms with Crippen molar-refractivity contribution in [3.05, 3.63) is 34.3 Å². The highest BCUT2D eigenvalue weighted by molar-refractivity contribution is 14.1. The molecule has 1 N–H and O–H groups in total. The summed E-state index contributed by atoms with van der Waals surface area (Å²) in [5.74, 6) is 0.0359. The van der Waals surface area contributed by atoms with Crippen molar-refractivity contribution in [1.29, 1.82) is 0 Å². The second kappa shape index (κ2) is 5.79. The number of alkyl halides is 1. The van der Waals surface area contributed by atoms with Gasteiger partial charge in [-0.15, -0.1) is 0 Å². The SMILES string of the molecule is CCS(=O)(=O)[C@H](I)[C@H](O)c1ccc(Br)cc1. The third-order valence-corrected chi connectivity index (χ3v) is 7.49. The highest BCUT2D eigenvalue weighted by Crippen LogP contribution is 2.28. The van der Waals surface area contributed by atoms with Crippen molar-refractivity contribution >= 4 is 48.4 Å². The highest BCUT2D eigenvalue weighted by Gasteiger charge is 2.29. The fraction of sp³-hybridized carbons (Fsp3) is 0.400. The Bertz CT molecular complexity index is 444. The lowest BCUT2D eigenvalue weighted by Crippen LogP contribution is -2.24. The van der Waals surface area contributed by atoms with Gasteiger partial charge in [0.1, 0.15) is 9.36 Å². The van der Waals surface area contributed by atoms with E-state index in [2.05, 4.69) is 15.9 Å². The van der Waals surface area contributed by atoms with Crippen LogP contribution >= 0.6 is 38.5 Å². The van der Waals surface area contributed by atoms with E-state index in [1.165, 1.54) is 0 Å². The summed E-state index contributed by atoms with van der Waals surface area (Å²) in [6, 6.07) is 6.98. The van der Waals surface area contributed by atoms with Crippen LogP contribution in [0.15, 0.2) is 28.7 Å². The molecule has 1 rings (SSSR count). The summed E-state index contributed by atoms with van der Waals surface area (Å²) >= 11 is 5.06. The minimum absolute atomic E-state index is 0.0359. The van der Waals surface area contributed by atoms with Crippen LogP contribution in [0.4, 0.5) is 0 Å². The van der Waals surface area contributed by atoms with Crippen LogP contribution in [0, 0.1) is 0 Å². The topological polar surface area (TPSA) is 54.4 Å². The fourth-order valence-electron chi connectivity index (χ4n) is 1.17. The lowest BCUT2D eigenvalue weighted by molar-refractivity contribution is 0.197. The van der Waals surface area contributed by atoms with Gasteiger partial charge in [-0.05, 0) is 17.7 Å². The van der Waals surface area contributed by atoms with Gasteiger partial charge in [-0.2, -0.15) is 0 Å². The van der Waals surface area contributed by atoms with E-state index in [0.717, 1.165) is 4.47 Å². The summed E-state index contributed by atoms with van der Waals surface area (Å²) in [6.07, 6.45) is -0.987. The largest absolute Gasteiger partial charge is 0.386 e. The van der Waals surface area contributed by atoms with Gasteiger partial charge in [0.2, 0.25) is 0 Å². The van der Waals surface area contributed by atoms with Crippen LogP contribution in [-0.4, -0.2) is 22.5 Å². The van der Waals surface area contributed by atoms with Crippen LogP contribution in [0.25, 0.3) is 0 Å². The number of halogens is 2. The second-order valence-corrected chi connectivity index (χ2v) is 8.81. The predicted octanol–water partition coefficient (Wildman–Crippen LogP) is 2.68. The van der Waals surface area contributed by atoms with Crippen LogP contribution in [0.1, 0.15) is 18.6 Å². The van der Waals surface area contributed by atoms with Crippen molar-refractivity contribution in [2.45, 2.75) is 16.3 Å². The van der Waals surface area contributed by atoms with Gasteiger partial charge in [0.15, 0.2) is 9.84 Å². The van der Waals surface area contributed by atoms with Crippen LogP contribution in [0.3, 0.4) is 0 Å². The smallest absolute Gasteiger partial charge is 0.164 e. The number of aliphatic hydroxyl groups excluding tert-OH is 1. The number of hydrogen-bond acceptors (Lipinski definition) is 3. The fourth-order valence-corrected chi connectivity index (χ4v) is 3.79. The third kappa shape index (κ3) is 3.41. The molecule has 0 bridgehead atoms. The van der Waals surface area contributed by atoms with Gasteiger partial charge >= 0.3 is 0 Å². The Labute approximate surface area is 117 Å². The molecule has 2 atom stereocenters. The molecule has 0 aliphatic carbocycles. The first-order valence-corrected chi connectivity index (χ1v) is 8.43. The van der Waals surface area contributed by atoms with Gasteiger partial charge in [-0.3, -0.25) is 0 Å². The first-order valence-electron chi connectivity index (χ1n) is 4.67. The van der Waals surface area contributed by atoms with Gasteiger partial charge in [-0.1, -0.05) is 57.6 Å². The number of rotatable bonds is 4. The average Bonchev–Trinajstić information content (AvgIpc) is 2.28. The van der Waals surface area contributed by atoms with Crippen molar-refractivity contribution in [3.8, 4) is 0 Å². The van der Waals surface area contributed by atoms with Crippen molar-refractivity contribution in [2.75, 3.05) is 5.75 Å². The van der Waals surface area contributed by atoms with Crippen molar-refractivity contribution in [2.24, 2.45) is 0 Å². The Morgan fingerprint density at radius 1 is 1.38 bits per heavy atom. The highest BCUT2D eigenvalue weighted by atomic mass is 127. The normalized spacial score (nSPS) is 15.8. The lowest BCUT2D eigenvalue weighted by Gasteiger charge is -2.17. The van der Waals surface area contributed by atoms with Crippen molar-refractivity contribution in [1.82, 2.24) is 0 Å². The summed E-state index contributed by atoms with van der Waals surface area (Å²) in [6.45, 7) is 1.58. The molecule has 3 nitrogen and oxygen atoms in total. The Balaban J connectivity index is 2.94. The number of benzene rings is 1. The molecule has 0 saturated carbocycles. The zero-order chi connectivity index (χ0) is 12.3. The van der Waals surface area contributed by atoms with Crippen molar-refractivity contribution < 1.29 is 13.5 Å². The first kappa shape index (κ1) is 14.4. The number of aliphatic hydroxyl groups is 1. The summed E-state index contributed by atoms with van der Waals surface area (Å²) < 4.78 is 23.3. The van der Waals surface area contributed by atoms with Crippen LogP contribution in [0.5, 0.6) is 0 Å². The van der Waals surface area contributed by atoms with E-state index in [4.69, 9.17) is 0 Å². The molecule has 0 saturated heterocycles. The zero-order valence-electron chi connectivity index (χ0n) is 8.60. The maximum atomic E-state index is 11.6. The van der Waals surface area contributed by atoms with Gasteiger partial charge in [0.05, 0.1) is 0 Å². The minimum Gasteiger partial charge on any atom is -0.386 e. The van der Waals surface area contributed by atoms with Crippen LogP contribution < -0.4 is 0 Å². The van der Waals surface area contributed by atoms with Crippen LogP contribution in [-0.2, 0) is 9.84 Å². The predicted molar refractivity (Wildman–Crippen MR) is 76.4 cm³/mol. The van der Waals surface area contributed by atoms with E-state index < -0.39 is 19.2 Å². The third-order valence-electron chi connectivity index (χ3n) is 2.21. The van der Waals surface area contributed by atoms with E-state index >= 15 is 0 Å². The number of sulfone groups is 1. The number of hydrogen-bond donors (Lipinski definition) is 1. The Morgan fingerprint density at radius 2 is 1.88 bits per heavy atom.